The summed E-state index contributed by atoms with van der Waals surface area (Å²) in [4.78, 5) is 23.6. The van der Waals surface area contributed by atoms with Crippen LogP contribution in [-0.4, -0.2) is 25.0 Å². The quantitative estimate of drug-likeness (QED) is 0.611. The van der Waals surface area contributed by atoms with E-state index in [1.807, 2.05) is 12.1 Å². The summed E-state index contributed by atoms with van der Waals surface area (Å²) in [5.41, 5.74) is 1.75. The Bertz CT molecular complexity index is 712. The predicted octanol–water partition coefficient (Wildman–Crippen LogP) is 3.60. The Morgan fingerprint density at radius 1 is 1.00 bits per heavy atom. The maximum atomic E-state index is 11.9. The molecule has 0 aromatic heterocycles. The van der Waals surface area contributed by atoms with E-state index in [4.69, 9.17) is 16.3 Å². The number of nitrogens with one attached hydrogen (secondary N) is 2. The first-order chi connectivity index (χ1) is 12.0. The van der Waals surface area contributed by atoms with Gasteiger partial charge in [-0.15, -0.1) is 0 Å². The molecule has 0 atom stereocenters. The van der Waals surface area contributed by atoms with Crippen LogP contribution in [0.25, 0.3) is 0 Å². The summed E-state index contributed by atoms with van der Waals surface area (Å²) in [6.45, 7) is 4.66. The first-order valence-electron chi connectivity index (χ1n) is 8.03. The number of ether oxygens (including phenoxy) is 1. The van der Waals surface area contributed by atoms with Gasteiger partial charge in [-0.2, -0.15) is 0 Å². The number of hydrogen-bond donors (Lipinski definition) is 2. The molecule has 0 saturated heterocycles. The van der Waals surface area contributed by atoms with Gasteiger partial charge in [-0.25, -0.2) is 0 Å². The van der Waals surface area contributed by atoms with E-state index in [1.165, 1.54) is 5.56 Å². The molecule has 0 aliphatic carbocycles. The van der Waals surface area contributed by atoms with Crippen molar-refractivity contribution in [3.05, 3.63) is 59.1 Å². The molecule has 2 aromatic carbocycles. The zero-order valence-electron chi connectivity index (χ0n) is 14.2. The molecule has 132 valence electrons. The van der Waals surface area contributed by atoms with Crippen molar-refractivity contribution in [2.24, 2.45) is 0 Å². The van der Waals surface area contributed by atoms with Crippen LogP contribution in [0.3, 0.4) is 0 Å². The fraction of sp³-hybridized carbons (Fsp3) is 0.263. The number of benzene rings is 2. The van der Waals surface area contributed by atoms with E-state index < -0.39 is 11.8 Å². The molecule has 2 rings (SSSR count). The molecule has 25 heavy (non-hydrogen) atoms. The molecule has 0 bridgehead atoms. The second-order valence-electron chi connectivity index (χ2n) is 5.79. The number of rotatable bonds is 6. The molecule has 2 amide bonds. The summed E-state index contributed by atoms with van der Waals surface area (Å²) in [6, 6.07) is 14.3. The minimum Gasteiger partial charge on any atom is -0.492 e. The molecule has 0 aliphatic rings. The second kappa shape index (κ2) is 9.08. The highest BCUT2D eigenvalue weighted by Crippen LogP contribution is 2.17. The lowest BCUT2D eigenvalue weighted by molar-refractivity contribution is -0.136. The van der Waals surface area contributed by atoms with Crippen LogP contribution in [0.15, 0.2) is 48.5 Å². The van der Waals surface area contributed by atoms with Gasteiger partial charge in [0.2, 0.25) is 0 Å². The molecule has 0 radical (unpaired) electrons. The summed E-state index contributed by atoms with van der Waals surface area (Å²) in [7, 11) is 0. The Kier molecular flexibility index (Phi) is 6.83. The Morgan fingerprint density at radius 2 is 1.64 bits per heavy atom. The summed E-state index contributed by atoms with van der Waals surface area (Å²) in [5.74, 6) is -0.349. The molecule has 0 fully saturated rings. The van der Waals surface area contributed by atoms with Gasteiger partial charge in [0.15, 0.2) is 0 Å². The Balaban J connectivity index is 1.72. The minimum absolute atomic E-state index is 0.223. The minimum atomic E-state index is -0.705. The van der Waals surface area contributed by atoms with E-state index in [-0.39, 0.29) is 13.2 Å². The number of hydrogen-bond acceptors (Lipinski definition) is 3. The third-order valence-electron chi connectivity index (χ3n) is 3.51. The van der Waals surface area contributed by atoms with E-state index >= 15 is 0 Å². The van der Waals surface area contributed by atoms with Crippen LogP contribution in [-0.2, 0) is 9.59 Å². The lowest BCUT2D eigenvalue weighted by atomic mass is 10.0. The summed E-state index contributed by atoms with van der Waals surface area (Å²) in [5, 5.41) is 5.70. The van der Waals surface area contributed by atoms with Gasteiger partial charge < -0.3 is 15.4 Å². The molecule has 0 saturated carbocycles. The standard InChI is InChI=1S/C19H21ClN2O3/c1-13(2)14-3-7-16(8-4-14)22-19(24)18(23)21-11-12-25-17-9-5-15(20)6-10-17/h3-10,13H,11-12H2,1-2H3,(H,21,23)(H,22,24). The third kappa shape index (κ3) is 6.12. The van der Waals surface area contributed by atoms with Crippen LogP contribution in [0.4, 0.5) is 5.69 Å². The van der Waals surface area contributed by atoms with Crippen molar-refractivity contribution < 1.29 is 14.3 Å². The fourth-order valence-electron chi connectivity index (χ4n) is 2.08. The Morgan fingerprint density at radius 3 is 2.24 bits per heavy atom. The predicted molar refractivity (Wildman–Crippen MR) is 99.1 cm³/mol. The van der Waals surface area contributed by atoms with E-state index in [0.717, 1.165) is 0 Å². The van der Waals surface area contributed by atoms with Crippen molar-refractivity contribution in [1.82, 2.24) is 5.32 Å². The maximum absolute atomic E-state index is 11.9. The SMILES string of the molecule is CC(C)c1ccc(NC(=O)C(=O)NCCOc2ccc(Cl)cc2)cc1. The topological polar surface area (TPSA) is 67.4 Å². The molecular weight excluding hydrogens is 340 g/mol. The van der Waals surface area contributed by atoms with Gasteiger partial charge in [-0.1, -0.05) is 37.6 Å². The summed E-state index contributed by atoms with van der Waals surface area (Å²) >= 11 is 5.78. The van der Waals surface area contributed by atoms with Crippen LogP contribution >= 0.6 is 11.6 Å². The van der Waals surface area contributed by atoms with E-state index in [0.29, 0.717) is 22.4 Å². The largest absolute Gasteiger partial charge is 0.492 e. The second-order valence-corrected chi connectivity index (χ2v) is 6.23. The van der Waals surface area contributed by atoms with Gasteiger partial charge in [0.1, 0.15) is 12.4 Å². The van der Waals surface area contributed by atoms with Crippen molar-refractivity contribution in [3.63, 3.8) is 0 Å². The molecule has 6 heteroatoms. The Labute approximate surface area is 152 Å². The van der Waals surface area contributed by atoms with Crippen molar-refractivity contribution in [2.75, 3.05) is 18.5 Å². The van der Waals surface area contributed by atoms with Gasteiger partial charge in [0.05, 0.1) is 6.54 Å². The molecule has 2 N–H and O–H groups in total. The molecule has 0 heterocycles. The van der Waals surface area contributed by atoms with Crippen molar-refractivity contribution >= 4 is 29.1 Å². The first kappa shape index (κ1) is 18.8. The van der Waals surface area contributed by atoms with E-state index in [1.54, 1.807) is 36.4 Å². The number of carbonyl (C=O) groups is 2. The molecular formula is C19H21ClN2O3. The van der Waals surface area contributed by atoms with Gasteiger partial charge in [-0.05, 0) is 47.9 Å². The van der Waals surface area contributed by atoms with Gasteiger partial charge in [-0.3, -0.25) is 9.59 Å². The maximum Gasteiger partial charge on any atom is 0.313 e. The highest BCUT2D eigenvalue weighted by atomic mass is 35.5. The molecule has 0 spiro atoms. The van der Waals surface area contributed by atoms with Crippen molar-refractivity contribution in [2.45, 2.75) is 19.8 Å². The molecule has 5 nitrogen and oxygen atoms in total. The number of amides is 2. The van der Waals surface area contributed by atoms with Crippen molar-refractivity contribution in [1.29, 1.82) is 0 Å². The van der Waals surface area contributed by atoms with Crippen LogP contribution < -0.4 is 15.4 Å². The van der Waals surface area contributed by atoms with Gasteiger partial charge in [0.25, 0.3) is 0 Å². The normalized spacial score (nSPS) is 10.4. The van der Waals surface area contributed by atoms with Gasteiger partial charge in [0, 0.05) is 10.7 Å². The van der Waals surface area contributed by atoms with Crippen LogP contribution in [0.5, 0.6) is 5.75 Å². The third-order valence-corrected chi connectivity index (χ3v) is 3.76. The zero-order valence-corrected chi connectivity index (χ0v) is 15.0. The average Bonchev–Trinajstić information content (AvgIpc) is 2.60. The molecule has 2 aromatic rings. The summed E-state index contributed by atoms with van der Waals surface area (Å²) < 4.78 is 5.44. The first-order valence-corrected chi connectivity index (χ1v) is 8.41. The smallest absolute Gasteiger partial charge is 0.313 e. The zero-order chi connectivity index (χ0) is 18.2. The lowest BCUT2D eigenvalue weighted by Crippen LogP contribution is -2.37. The monoisotopic (exact) mass is 360 g/mol. The number of anilines is 1. The fourth-order valence-corrected chi connectivity index (χ4v) is 2.21. The molecule has 0 unspecified atom stereocenters. The average molecular weight is 361 g/mol. The van der Waals surface area contributed by atoms with Crippen molar-refractivity contribution in [3.8, 4) is 5.75 Å². The highest BCUT2D eigenvalue weighted by Gasteiger charge is 2.13. The van der Waals surface area contributed by atoms with Crippen LogP contribution in [0.1, 0.15) is 25.3 Å². The Hall–Kier alpha value is -2.53. The van der Waals surface area contributed by atoms with Crippen LogP contribution in [0, 0.1) is 0 Å². The van der Waals surface area contributed by atoms with Crippen LogP contribution in [0.2, 0.25) is 5.02 Å². The number of carbonyl (C=O) groups excluding carboxylic acids is 2. The molecule has 0 aliphatic heterocycles. The number of halogens is 1. The van der Waals surface area contributed by atoms with E-state index in [9.17, 15) is 9.59 Å². The highest BCUT2D eigenvalue weighted by molar-refractivity contribution is 6.39. The lowest BCUT2D eigenvalue weighted by Gasteiger charge is -2.09. The van der Waals surface area contributed by atoms with Gasteiger partial charge >= 0.3 is 11.8 Å². The summed E-state index contributed by atoms with van der Waals surface area (Å²) in [6.07, 6.45) is 0. The van der Waals surface area contributed by atoms with E-state index in [2.05, 4.69) is 24.5 Å².